The van der Waals surface area contributed by atoms with E-state index >= 15 is 0 Å². The number of nitrogens with two attached hydrogens (primary N) is 1. The first-order valence-corrected chi connectivity index (χ1v) is 7.39. The van der Waals surface area contributed by atoms with Gasteiger partial charge in [-0.25, -0.2) is 4.39 Å². The minimum atomic E-state index is -0.210. The van der Waals surface area contributed by atoms with Gasteiger partial charge < -0.3 is 5.73 Å². The Hall–Kier alpha value is -1.71. The average molecular weight is 286 g/mol. The Labute approximate surface area is 126 Å². The Morgan fingerprint density at radius 1 is 1.14 bits per heavy atom. The molecule has 3 heteroatoms. The molecule has 0 heterocycles. The van der Waals surface area contributed by atoms with E-state index in [0.29, 0.717) is 6.54 Å². The maximum atomic E-state index is 13.5. The van der Waals surface area contributed by atoms with Crippen molar-refractivity contribution in [3.8, 4) is 0 Å². The number of aryl methyl sites for hydroxylation is 1. The molecule has 0 amide bonds. The molecule has 0 aliphatic heterocycles. The smallest absolute Gasteiger partial charge is 0.123 e. The monoisotopic (exact) mass is 286 g/mol. The van der Waals surface area contributed by atoms with Crippen molar-refractivity contribution in [3.63, 3.8) is 0 Å². The van der Waals surface area contributed by atoms with Crippen molar-refractivity contribution in [2.24, 2.45) is 5.73 Å². The summed E-state index contributed by atoms with van der Waals surface area (Å²) in [5, 5.41) is 0. The normalized spacial score (nSPS) is 12.6. The van der Waals surface area contributed by atoms with Crippen LogP contribution in [0.5, 0.6) is 0 Å². The third-order valence-electron chi connectivity index (χ3n) is 3.94. The van der Waals surface area contributed by atoms with Gasteiger partial charge in [-0.05, 0) is 42.3 Å². The molecular formula is C18H23FN2. The van der Waals surface area contributed by atoms with Gasteiger partial charge in [-0.2, -0.15) is 0 Å². The summed E-state index contributed by atoms with van der Waals surface area (Å²) in [7, 11) is 0. The predicted octanol–water partition coefficient (Wildman–Crippen LogP) is 3.66. The molecule has 0 saturated carbocycles. The zero-order valence-corrected chi connectivity index (χ0v) is 12.7. The molecule has 2 nitrogen and oxygen atoms in total. The highest BCUT2D eigenvalue weighted by Crippen LogP contribution is 2.23. The largest absolute Gasteiger partial charge is 0.329 e. The third-order valence-corrected chi connectivity index (χ3v) is 3.94. The molecule has 2 aromatic carbocycles. The first-order chi connectivity index (χ1) is 10.2. The standard InChI is InChI=1S/C18H23FN2/c1-3-21(13-16-8-5-4-7-14(16)2)18(12-20)15-9-6-10-17(19)11-15/h4-11,18H,3,12-13,20H2,1-2H3. The van der Waals surface area contributed by atoms with E-state index in [1.54, 1.807) is 12.1 Å². The second-order valence-corrected chi connectivity index (χ2v) is 5.30. The van der Waals surface area contributed by atoms with E-state index in [1.807, 2.05) is 12.1 Å². The highest BCUT2D eigenvalue weighted by molar-refractivity contribution is 5.26. The maximum absolute atomic E-state index is 13.5. The van der Waals surface area contributed by atoms with Crippen molar-refractivity contribution in [2.75, 3.05) is 13.1 Å². The van der Waals surface area contributed by atoms with E-state index in [4.69, 9.17) is 5.73 Å². The molecule has 0 aliphatic rings. The van der Waals surface area contributed by atoms with Gasteiger partial charge in [0.1, 0.15) is 5.82 Å². The van der Waals surface area contributed by atoms with E-state index < -0.39 is 0 Å². The van der Waals surface area contributed by atoms with Crippen molar-refractivity contribution in [3.05, 3.63) is 71.0 Å². The Morgan fingerprint density at radius 2 is 1.90 bits per heavy atom. The van der Waals surface area contributed by atoms with Crippen LogP contribution in [0.1, 0.15) is 29.7 Å². The number of likely N-dealkylation sites (N-methyl/N-ethyl adjacent to an activating group) is 1. The molecule has 0 aromatic heterocycles. The van der Waals surface area contributed by atoms with Gasteiger partial charge in [-0.1, -0.05) is 43.3 Å². The van der Waals surface area contributed by atoms with Crippen LogP contribution < -0.4 is 5.73 Å². The van der Waals surface area contributed by atoms with Crippen molar-refractivity contribution in [1.29, 1.82) is 0 Å². The zero-order chi connectivity index (χ0) is 15.2. The van der Waals surface area contributed by atoms with Crippen LogP contribution >= 0.6 is 0 Å². The van der Waals surface area contributed by atoms with Gasteiger partial charge in [0.05, 0.1) is 0 Å². The van der Waals surface area contributed by atoms with Crippen molar-refractivity contribution in [2.45, 2.75) is 26.4 Å². The summed E-state index contributed by atoms with van der Waals surface area (Å²) < 4.78 is 13.5. The first-order valence-electron chi connectivity index (χ1n) is 7.39. The van der Waals surface area contributed by atoms with Crippen LogP contribution in [-0.2, 0) is 6.54 Å². The van der Waals surface area contributed by atoms with Crippen molar-refractivity contribution in [1.82, 2.24) is 4.90 Å². The van der Waals surface area contributed by atoms with E-state index in [0.717, 1.165) is 18.7 Å². The van der Waals surface area contributed by atoms with Gasteiger partial charge in [0.25, 0.3) is 0 Å². The molecule has 0 aliphatic carbocycles. The predicted molar refractivity (Wildman–Crippen MR) is 85.5 cm³/mol. The van der Waals surface area contributed by atoms with E-state index in [-0.39, 0.29) is 11.9 Å². The molecule has 2 aromatic rings. The number of rotatable bonds is 6. The fraction of sp³-hybridized carbons (Fsp3) is 0.333. The Balaban J connectivity index is 2.24. The van der Waals surface area contributed by atoms with Gasteiger partial charge in [-0.15, -0.1) is 0 Å². The van der Waals surface area contributed by atoms with Crippen LogP contribution in [0, 0.1) is 12.7 Å². The molecule has 1 unspecified atom stereocenters. The van der Waals surface area contributed by atoms with Gasteiger partial charge in [-0.3, -0.25) is 4.90 Å². The van der Waals surface area contributed by atoms with Crippen molar-refractivity contribution >= 4 is 0 Å². The average Bonchev–Trinajstić information content (AvgIpc) is 2.49. The minimum Gasteiger partial charge on any atom is -0.329 e. The van der Waals surface area contributed by atoms with Gasteiger partial charge in [0, 0.05) is 19.1 Å². The summed E-state index contributed by atoms with van der Waals surface area (Å²) in [5.41, 5.74) is 9.45. The number of benzene rings is 2. The Bertz CT molecular complexity index is 583. The lowest BCUT2D eigenvalue weighted by atomic mass is 10.0. The first kappa shape index (κ1) is 15.7. The quantitative estimate of drug-likeness (QED) is 0.878. The lowest BCUT2D eigenvalue weighted by molar-refractivity contribution is 0.202. The molecule has 2 N–H and O–H groups in total. The summed E-state index contributed by atoms with van der Waals surface area (Å²) in [5.74, 6) is -0.210. The molecule has 0 fully saturated rings. The fourth-order valence-electron chi connectivity index (χ4n) is 2.66. The van der Waals surface area contributed by atoms with Gasteiger partial charge in [0.15, 0.2) is 0 Å². The second-order valence-electron chi connectivity index (χ2n) is 5.30. The molecule has 0 spiro atoms. The van der Waals surface area contributed by atoms with E-state index in [1.165, 1.54) is 17.2 Å². The second kappa shape index (κ2) is 7.34. The summed E-state index contributed by atoms with van der Waals surface area (Å²) >= 11 is 0. The molecule has 2 rings (SSSR count). The number of hydrogen-bond acceptors (Lipinski definition) is 2. The van der Waals surface area contributed by atoms with E-state index in [9.17, 15) is 4.39 Å². The summed E-state index contributed by atoms with van der Waals surface area (Å²) in [6.45, 7) is 6.39. The van der Waals surface area contributed by atoms with Crippen LogP contribution in [0.3, 0.4) is 0 Å². The summed E-state index contributed by atoms with van der Waals surface area (Å²) in [6.07, 6.45) is 0. The lowest BCUT2D eigenvalue weighted by Gasteiger charge is -2.30. The number of halogens is 1. The molecule has 21 heavy (non-hydrogen) atoms. The molecule has 1 atom stereocenters. The number of nitrogens with zero attached hydrogens (tertiary/aromatic N) is 1. The van der Waals surface area contributed by atoms with Gasteiger partial charge >= 0.3 is 0 Å². The van der Waals surface area contributed by atoms with Crippen LogP contribution in [0.4, 0.5) is 4.39 Å². The third kappa shape index (κ3) is 3.90. The topological polar surface area (TPSA) is 29.3 Å². The molecule has 0 saturated heterocycles. The van der Waals surface area contributed by atoms with Crippen LogP contribution in [0.25, 0.3) is 0 Å². The highest BCUT2D eigenvalue weighted by atomic mass is 19.1. The fourth-order valence-corrected chi connectivity index (χ4v) is 2.66. The van der Waals surface area contributed by atoms with Crippen LogP contribution in [-0.4, -0.2) is 18.0 Å². The van der Waals surface area contributed by atoms with Crippen LogP contribution in [0.2, 0.25) is 0 Å². The highest BCUT2D eigenvalue weighted by Gasteiger charge is 2.18. The van der Waals surface area contributed by atoms with Gasteiger partial charge in [0.2, 0.25) is 0 Å². The zero-order valence-electron chi connectivity index (χ0n) is 12.7. The number of hydrogen-bond donors (Lipinski definition) is 1. The Kier molecular flexibility index (Phi) is 5.48. The summed E-state index contributed by atoms with van der Waals surface area (Å²) in [4.78, 5) is 2.29. The van der Waals surface area contributed by atoms with Crippen LogP contribution in [0.15, 0.2) is 48.5 Å². The summed E-state index contributed by atoms with van der Waals surface area (Å²) in [6, 6.07) is 15.1. The molecule has 0 radical (unpaired) electrons. The van der Waals surface area contributed by atoms with Crippen molar-refractivity contribution < 1.29 is 4.39 Å². The molecular weight excluding hydrogens is 263 g/mol. The minimum absolute atomic E-state index is 0.0327. The van der Waals surface area contributed by atoms with E-state index in [2.05, 4.69) is 36.9 Å². The lowest BCUT2D eigenvalue weighted by Crippen LogP contribution is -2.33. The Morgan fingerprint density at radius 3 is 2.52 bits per heavy atom. The molecule has 0 bridgehead atoms. The maximum Gasteiger partial charge on any atom is 0.123 e. The molecule has 112 valence electrons. The SMILES string of the molecule is CCN(Cc1ccccc1C)C(CN)c1cccc(F)c1.